The Balaban J connectivity index is 2.44. The lowest BCUT2D eigenvalue weighted by atomic mass is 10.0. The zero-order valence-corrected chi connectivity index (χ0v) is 21.7. The average Bonchev–Trinajstić information content (AvgIpc) is 2.69. The van der Waals surface area contributed by atoms with Crippen molar-refractivity contribution in [2.75, 3.05) is 11.1 Å². The van der Waals surface area contributed by atoms with Crippen LogP contribution in [0.3, 0.4) is 0 Å². The van der Waals surface area contributed by atoms with Gasteiger partial charge in [0.1, 0.15) is 10.3 Å². The first kappa shape index (κ1) is 27.2. The molecule has 0 aliphatic rings. The van der Waals surface area contributed by atoms with E-state index in [2.05, 4.69) is 25.6 Å². The van der Waals surface area contributed by atoms with Gasteiger partial charge < -0.3 is 5.32 Å². The molecule has 2 N–H and O–H groups in total. The molecule has 2 heterocycles. The maximum absolute atomic E-state index is 12.7. The first-order valence-corrected chi connectivity index (χ1v) is 12.9. The molecule has 0 radical (unpaired) electrons. The summed E-state index contributed by atoms with van der Waals surface area (Å²) in [7, 11) is -3.68. The predicted octanol–water partition coefficient (Wildman–Crippen LogP) is 5.22. The van der Waals surface area contributed by atoms with E-state index in [0.717, 1.165) is 0 Å². The fraction of sp³-hybridized carbons (Fsp3) is 0.450. The minimum Gasteiger partial charge on any atom is -0.304 e. The highest BCUT2D eigenvalue weighted by Gasteiger charge is 2.26. The van der Waals surface area contributed by atoms with Gasteiger partial charge in [0.05, 0.1) is 33.4 Å². The number of carbonyl (C=O) groups excluding carboxylic acids is 2. The molecular formula is C20H24Cl3N5O4S. The summed E-state index contributed by atoms with van der Waals surface area (Å²) in [5, 5.41) is 4.13. The Labute approximate surface area is 207 Å². The number of carbonyl (C=O) groups is 2. The van der Waals surface area contributed by atoms with Crippen LogP contribution in [-0.4, -0.2) is 41.1 Å². The molecule has 0 aliphatic heterocycles. The third-order valence-corrected chi connectivity index (χ3v) is 7.03. The molecule has 13 heteroatoms. The molecule has 0 atom stereocenters. The zero-order valence-electron chi connectivity index (χ0n) is 18.7. The van der Waals surface area contributed by atoms with Crippen molar-refractivity contribution in [2.45, 2.75) is 58.0 Å². The number of hydrogen-bond donors (Lipinski definition) is 2. The van der Waals surface area contributed by atoms with Gasteiger partial charge >= 0.3 is 6.03 Å². The Morgan fingerprint density at radius 3 is 2.00 bits per heavy atom. The fourth-order valence-corrected chi connectivity index (χ4v) is 4.61. The summed E-state index contributed by atoms with van der Waals surface area (Å²) in [6.07, 6.45) is 0.413. The van der Waals surface area contributed by atoms with Crippen LogP contribution in [0.5, 0.6) is 0 Å². The minimum absolute atomic E-state index is 0.00640. The van der Waals surface area contributed by atoms with E-state index in [1.54, 1.807) is 34.6 Å². The van der Waals surface area contributed by atoms with Gasteiger partial charge in [-0.3, -0.25) is 10.1 Å². The van der Waals surface area contributed by atoms with E-state index in [1.807, 2.05) is 0 Å². The quantitative estimate of drug-likeness (QED) is 0.366. The fourth-order valence-electron chi connectivity index (χ4n) is 2.86. The van der Waals surface area contributed by atoms with Crippen LogP contribution in [0.4, 0.5) is 10.5 Å². The number of anilines is 1. The second-order valence-electron chi connectivity index (χ2n) is 7.79. The van der Waals surface area contributed by atoms with Gasteiger partial charge in [-0.05, 0) is 24.3 Å². The second-order valence-corrected chi connectivity index (χ2v) is 10.9. The molecule has 0 fully saturated rings. The van der Waals surface area contributed by atoms with Gasteiger partial charge in [-0.15, -0.1) is 0 Å². The molecule has 9 nitrogen and oxygen atoms in total. The third kappa shape index (κ3) is 6.53. The van der Waals surface area contributed by atoms with Crippen LogP contribution in [0.2, 0.25) is 15.3 Å². The number of pyridine rings is 1. The van der Waals surface area contributed by atoms with Gasteiger partial charge in [0.15, 0.2) is 0 Å². The Morgan fingerprint density at radius 2 is 1.52 bits per heavy atom. The maximum Gasteiger partial charge on any atom is 0.326 e. The zero-order chi connectivity index (χ0) is 25.1. The summed E-state index contributed by atoms with van der Waals surface area (Å²) in [5.74, 6) is -1.45. The van der Waals surface area contributed by atoms with Crippen LogP contribution in [0.15, 0.2) is 11.2 Å². The largest absolute Gasteiger partial charge is 0.326 e. The SMILES string of the molecule is CCCS(=O)(=O)c1nc(C(C)C)c(NC(=O)NC(=O)c2cc(Cl)c(Cl)nc2Cl)c(C(C)C)n1. The smallest absolute Gasteiger partial charge is 0.304 e. The maximum atomic E-state index is 12.7. The number of hydrogen-bond acceptors (Lipinski definition) is 7. The van der Waals surface area contributed by atoms with Crippen LogP contribution < -0.4 is 10.6 Å². The van der Waals surface area contributed by atoms with E-state index in [4.69, 9.17) is 34.8 Å². The Morgan fingerprint density at radius 1 is 0.970 bits per heavy atom. The molecule has 2 aromatic rings. The van der Waals surface area contributed by atoms with E-state index in [0.29, 0.717) is 17.8 Å². The van der Waals surface area contributed by atoms with Gasteiger partial charge in [0, 0.05) is 0 Å². The van der Waals surface area contributed by atoms with Crippen LogP contribution in [0.1, 0.15) is 74.6 Å². The summed E-state index contributed by atoms with van der Waals surface area (Å²) < 4.78 is 25.2. The number of amides is 3. The summed E-state index contributed by atoms with van der Waals surface area (Å²) in [6, 6.07) is 0.302. The van der Waals surface area contributed by atoms with Gasteiger partial charge in [-0.1, -0.05) is 69.4 Å². The van der Waals surface area contributed by atoms with Crippen molar-refractivity contribution >= 4 is 62.3 Å². The van der Waals surface area contributed by atoms with E-state index in [9.17, 15) is 18.0 Å². The van der Waals surface area contributed by atoms with E-state index in [1.165, 1.54) is 6.07 Å². The highest BCUT2D eigenvalue weighted by molar-refractivity contribution is 7.91. The topological polar surface area (TPSA) is 131 Å². The van der Waals surface area contributed by atoms with Gasteiger partial charge in [0.25, 0.3) is 5.91 Å². The molecule has 0 saturated heterocycles. The molecule has 2 rings (SSSR count). The molecule has 0 aliphatic carbocycles. The van der Waals surface area contributed by atoms with Crippen molar-refractivity contribution in [2.24, 2.45) is 0 Å². The van der Waals surface area contributed by atoms with Crippen LogP contribution in [0, 0.1) is 0 Å². The number of nitrogens with one attached hydrogen (secondary N) is 2. The van der Waals surface area contributed by atoms with Crippen molar-refractivity contribution in [3.63, 3.8) is 0 Å². The molecule has 0 saturated carbocycles. The van der Waals surface area contributed by atoms with Gasteiger partial charge in [-0.2, -0.15) is 0 Å². The molecule has 0 spiro atoms. The van der Waals surface area contributed by atoms with E-state index in [-0.39, 0.29) is 49.3 Å². The summed E-state index contributed by atoms with van der Waals surface area (Å²) in [4.78, 5) is 37.4. The van der Waals surface area contributed by atoms with Crippen LogP contribution in [0.25, 0.3) is 0 Å². The number of imide groups is 1. The lowest BCUT2D eigenvalue weighted by Crippen LogP contribution is -2.35. The van der Waals surface area contributed by atoms with Crippen LogP contribution >= 0.6 is 34.8 Å². The number of aromatic nitrogens is 3. The van der Waals surface area contributed by atoms with E-state index < -0.39 is 21.8 Å². The molecule has 0 aromatic carbocycles. The summed E-state index contributed by atoms with van der Waals surface area (Å²) in [5.41, 5.74) is 0.756. The van der Waals surface area contributed by atoms with Crippen LogP contribution in [-0.2, 0) is 9.84 Å². The van der Waals surface area contributed by atoms with Gasteiger partial charge in [0.2, 0.25) is 15.0 Å². The average molecular weight is 537 g/mol. The lowest BCUT2D eigenvalue weighted by Gasteiger charge is -2.20. The number of nitrogens with zero attached hydrogens (tertiary/aromatic N) is 3. The minimum atomic E-state index is -3.68. The number of rotatable bonds is 7. The van der Waals surface area contributed by atoms with Crippen molar-refractivity contribution < 1.29 is 18.0 Å². The summed E-state index contributed by atoms with van der Waals surface area (Å²) >= 11 is 17.6. The number of urea groups is 1. The molecule has 0 unspecified atom stereocenters. The predicted molar refractivity (Wildman–Crippen MR) is 128 cm³/mol. The highest BCUT2D eigenvalue weighted by atomic mass is 35.5. The van der Waals surface area contributed by atoms with Crippen molar-refractivity contribution in [3.05, 3.63) is 38.3 Å². The first-order valence-electron chi connectivity index (χ1n) is 10.1. The Hall–Kier alpha value is -2.01. The van der Waals surface area contributed by atoms with E-state index >= 15 is 0 Å². The second kappa shape index (κ2) is 10.9. The van der Waals surface area contributed by atoms with Crippen molar-refractivity contribution in [1.29, 1.82) is 0 Å². The van der Waals surface area contributed by atoms with Gasteiger partial charge in [-0.25, -0.2) is 28.2 Å². The Kier molecular flexibility index (Phi) is 9.03. The lowest BCUT2D eigenvalue weighted by molar-refractivity contribution is 0.0967. The molecule has 180 valence electrons. The van der Waals surface area contributed by atoms with Crippen molar-refractivity contribution in [3.8, 4) is 0 Å². The number of halogens is 3. The summed E-state index contributed by atoms with van der Waals surface area (Å²) in [6.45, 7) is 8.96. The Bertz CT molecular complexity index is 1160. The number of sulfone groups is 1. The highest BCUT2D eigenvalue weighted by Crippen LogP contribution is 2.31. The third-order valence-electron chi connectivity index (χ3n) is 4.39. The molecular weight excluding hydrogens is 513 g/mol. The molecule has 3 amide bonds. The monoisotopic (exact) mass is 535 g/mol. The normalized spacial score (nSPS) is 11.7. The molecule has 2 aromatic heterocycles. The standard InChI is InChI=1S/C20H24Cl3N5O4S/c1-6-7-33(31,32)20-25-13(9(2)3)15(14(26-20)10(4)5)24-19(30)28-18(29)11-8-12(21)17(23)27-16(11)22/h8-10H,6-7H2,1-5H3,(H2,24,28,29,30). The first-order chi connectivity index (χ1) is 15.3. The van der Waals surface area contributed by atoms with Crippen molar-refractivity contribution in [1.82, 2.24) is 20.3 Å². The molecule has 33 heavy (non-hydrogen) atoms. The molecule has 0 bridgehead atoms.